The van der Waals surface area contributed by atoms with Gasteiger partial charge in [0.2, 0.25) is 5.91 Å². The van der Waals surface area contributed by atoms with Gasteiger partial charge in [0, 0.05) is 24.2 Å². The third-order valence-corrected chi connectivity index (χ3v) is 4.59. The first-order valence-corrected chi connectivity index (χ1v) is 9.50. The molecule has 0 spiro atoms. The van der Waals surface area contributed by atoms with E-state index >= 15 is 0 Å². The SMILES string of the molecule is CSc1nc(C)c(CCC(=O)NCCc2ccc(C(F)(F)F)cc2)c(=O)[nH]1. The molecule has 2 aromatic rings. The number of amides is 1. The Morgan fingerprint density at radius 1 is 1.22 bits per heavy atom. The second-order valence-electron chi connectivity index (χ2n) is 5.93. The van der Waals surface area contributed by atoms with E-state index in [0.717, 1.165) is 12.1 Å². The molecule has 0 bridgehead atoms. The van der Waals surface area contributed by atoms with Gasteiger partial charge in [0.15, 0.2) is 5.16 Å². The van der Waals surface area contributed by atoms with Gasteiger partial charge in [-0.05, 0) is 43.7 Å². The van der Waals surface area contributed by atoms with Crippen molar-refractivity contribution in [1.82, 2.24) is 15.3 Å². The Balaban J connectivity index is 1.81. The number of hydrogen-bond donors (Lipinski definition) is 2. The molecule has 1 aromatic heterocycles. The third-order valence-electron chi connectivity index (χ3n) is 4.01. The lowest BCUT2D eigenvalue weighted by atomic mass is 10.1. The van der Waals surface area contributed by atoms with Crippen molar-refractivity contribution in [2.45, 2.75) is 37.5 Å². The van der Waals surface area contributed by atoms with E-state index in [1.807, 2.05) is 6.26 Å². The van der Waals surface area contributed by atoms with Crippen LogP contribution in [0.4, 0.5) is 13.2 Å². The first-order valence-electron chi connectivity index (χ1n) is 8.27. The molecular weight excluding hydrogens is 379 g/mol. The number of aromatic nitrogens is 2. The van der Waals surface area contributed by atoms with Crippen molar-refractivity contribution in [2.75, 3.05) is 12.8 Å². The molecule has 1 aromatic carbocycles. The molecule has 146 valence electrons. The predicted molar refractivity (Wildman–Crippen MR) is 97.9 cm³/mol. The van der Waals surface area contributed by atoms with Crippen molar-refractivity contribution in [1.29, 1.82) is 0 Å². The Morgan fingerprint density at radius 3 is 2.44 bits per heavy atom. The molecule has 1 amide bonds. The minimum Gasteiger partial charge on any atom is -0.356 e. The third kappa shape index (κ3) is 6.13. The zero-order valence-electron chi connectivity index (χ0n) is 14.9. The lowest BCUT2D eigenvalue weighted by Crippen LogP contribution is -2.27. The molecule has 5 nitrogen and oxygen atoms in total. The minimum atomic E-state index is -4.36. The summed E-state index contributed by atoms with van der Waals surface area (Å²) in [6.07, 6.45) is -1.72. The zero-order valence-corrected chi connectivity index (χ0v) is 15.8. The van der Waals surface area contributed by atoms with Gasteiger partial charge < -0.3 is 10.3 Å². The quantitative estimate of drug-likeness (QED) is 0.554. The van der Waals surface area contributed by atoms with Crippen LogP contribution in [0.15, 0.2) is 34.2 Å². The van der Waals surface area contributed by atoms with Crippen molar-refractivity contribution in [2.24, 2.45) is 0 Å². The summed E-state index contributed by atoms with van der Waals surface area (Å²) in [5, 5.41) is 3.24. The van der Waals surface area contributed by atoms with Crippen LogP contribution in [0.25, 0.3) is 0 Å². The van der Waals surface area contributed by atoms with Gasteiger partial charge in [-0.2, -0.15) is 13.2 Å². The zero-order chi connectivity index (χ0) is 20.0. The van der Waals surface area contributed by atoms with E-state index in [2.05, 4.69) is 15.3 Å². The fourth-order valence-corrected chi connectivity index (χ4v) is 2.93. The molecule has 0 aliphatic carbocycles. The van der Waals surface area contributed by atoms with Crippen LogP contribution in [0, 0.1) is 6.92 Å². The van der Waals surface area contributed by atoms with Gasteiger partial charge in [-0.15, -0.1) is 0 Å². The van der Waals surface area contributed by atoms with Crippen LogP contribution in [-0.2, 0) is 23.8 Å². The first-order chi connectivity index (χ1) is 12.7. The highest BCUT2D eigenvalue weighted by molar-refractivity contribution is 7.98. The summed E-state index contributed by atoms with van der Waals surface area (Å²) in [5.41, 5.74) is 0.833. The van der Waals surface area contributed by atoms with Crippen LogP contribution in [0.1, 0.15) is 28.8 Å². The largest absolute Gasteiger partial charge is 0.416 e. The van der Waals surface area contributed by atoms with Crippen LogP contribution in [0.3, 0.4) is 0 Å². The second kappa shape index (κ2) is 9.07. The van der Waals surface area contributed by atoms with E-state index in [1.54, 1.807) is 6.92 Å². The summed E-state index contributed by atoms with van der Waals surface area (Å²) in [7, 11) is 0. The van der Waals surface area contributed by atoms with Crippen molar-refractivity contribution in [3.63, 3.8) is 0 Å². The molecule has 2 rings (SSSR count). The number of hydrogen-bond acceptors (Lipinski definition) is 4. The highest BCUT2D eigenvalue weighted by Crippen LogP contribution is 2.29. The van der Waals surface area contributed by atoms with Gasteiger partial charge in [0.25, 0.3) is 5.56 Å². The molecule has 27 heavy (non-hydrogen) atoms. The van der Waals surface area contributed by atoms with Gasteiger partial charge >= 0.3 is 6.18 Å². The molecule has 0 fully saturated rings. The summed E-state index contributed by atoms with van der Waals surface area (Å²) in [6.45, 7) is 2.04. The maximum atomic E-state index is 12.5. The van der Waals surface area contributed by atoms with Gasteiger partial charge in [-0.25, -0.2) is 4.98 Å². The molecule has 2 N–H and O–H groups in total. The molecule has 1 heterocycles. The summed E-state index contributed by atoms with van der Waals surface area (Å²) >= 11 is 1.33. The van der Waals surface area contributed by atoms with E-state index in [4.69, 9.17) is 0 Å². The number of H-pyrrole nitrogens is 1. The number of rotatable bonds is 7. The Hall–Kier alpha value is -2.29. The average Bonchev–Trinajstić information content (AvgIpc) is 2.60. The maximum Gasteiger partial charge on any atom is 0.416 e. The molecule has 0 saturated heterocycles. The van der Waals surface area contributed by atoms with E-state index < -0.39 is 11.7 Å². The number of halogens is 3. The van der Waals surface area contributed by atoms with Gasteiger partial charge in [0.05, 0.1) is 5.56 Å². The number of alkyl halides is 3. The summed E-state index contributed by atoms with van der Waals surface area (Å²) in [5.74, 6) is -0.227. The molecule has 0 atom stereocenters. The topological polar surface area (TPSA) is 74.8 Å². The number of carbonyl (C=O) groups excluding carboxylic acids is 1. The van der Waals surface area contributed by atoms with Gasteiger partial charge in [-0.3, -0.25) is 9.59 Å². The molecule has 0 unspecified atom stereocenters. The van der Waals surface area contributed by atoms with E-state index in [0.29, 0.717) is 34.9 Å². The molecular formula is C18H20F3N3O2S. The Bertz CT molecular complexity index is 848. The van der Waals surface area contributed by atoms with E-state index in [-0.39, 0.29) is 24.3 Å². The second-order valence-corrected chi connectivity index (χ2v) is 6.73. The van der Waals surface area contributed by atoms with Gasteiger partial charge in [-0.1, -0.05) is 23.9 Å². The van der Waals surface area contributed by atoms with Crippen molar-refractivity contribution < 1.29 is 18.0 Å². The number of nitrogens with one attached hydrogen (secondary N) is 2. The monoisotopic (exact) mass is 399 g/mol. The smallest absolute Gasteiger partial charge is 0.356 e. The molecule has 0 radical (unpaired) electrons. The normalized spacial score (nSPS) is 11.4. The minimum absolute atomic E-state index is 0.136. The molecule has 0 aliphatic rings. The number of thioether (sulfide) groups is 1. The van der Waals surface area contributed by atoms with Crippen LogP contribution in [0.2, 0.25) is 0 Å². The van der Waals surface area contributed by atoms with Crippen LogP contribution >= 0.6 is 11.8 Å². The summed E-state index contributed by atoms with van der Waals surface area (Å²) < 4.78 is 37.5. The first kappa shape index (κ1) is 21.0. The van der Waals surface area contributed by atoms with Gasteiger partial charge in [0.1, 0.15) is 0 Å². The number of aromatic amines is 1. The summed E-state index contributed by atoms with van der Waals surface area (Å²) in [4.78, 5) is 30.9. The lowest BCUT2D eigenvalue weighted by molar-refractivity contribution is -0.137. The van der Waals surface area contributed by atoms with Crippen LogP contribution in [-0.4, -0.2) is 28.7 Å². The van der Waals surface area contributed by atoms with Crippen LogP contribution in [0.5, 0.6) is 0 Å². The number of carbonyl (C=O) groups is 1. The highest BCUT2D eigenvalue weighted by Gasteiger charge is 2.29. The fourth-order valence-electron chi connectivity index (χ4n) is 2.51. The number of aryl methyl sites for hydroxylation is 1. The molecule has 9 heteroatoms. The molecule has 0 aliphatic heterocycles. The Labute approximate surface area is 158 Å². The number of nitrogens with zero attached hydrogens (tertiary/aromatic N) is 1. The predicted octanol–water partition coefficient (Wildman–Crippen LogP) is 3.11. The lowest BCUT2D eigenvalue weighted by Gasteiger charge is -2.09. The maximum absolute atomic E-state index is 12.5. The highest BCUT2D eigenvalue weighted by atomic mass is 32.2. The van der Waals surface area contributed by atoms with Crippen molar-refractivity contribution in [3.8, 4) is 0 Å². The van der Waals surface area contributed by atoms with E-state index in [9.17, 15) is 22.8 Å². The molecule has 0 saturated carbocycles. The van der Waals surface area contributed by atoms with Crippen LogP contribution < -0.4 is 10.9 Å². The fraction of sp³-hybridized carbons (Fsp3) is 0.389. The standard InChI is InChI=1S/C18H20F3N3O2S/c1-11-14(16(26)24-17(23-11)27-2)7-8-15(25)22-10-9-12-3-5-13(6-4-12)18(19,20)21/h3-6H,7-10H2,1-2H3,(H,22,25)(H,23,24,26). The Kier molecular flexibility index (Phi) is 7.06. The van der Waals surface area contributed by atoms with Crippen molar-refractivity contribution in [3.05, 3.63) is 57.0 Å². The summed E-state index contributed by atoms with van der Waals surface area (Å²) in [6, 6.07) is 4.85. The Morgan fingerprint density at radius 2 is 1.89 bits per heavy atom. The average molecular weight is 399 g/mol. The number of benzene rings is 1. The van der Waals surface area contributed by atoms with Crippen molar-refractivity contribution >= 4 is 17.7 Å². The van der Waals surface area contributed by atoms with E-state index in [1.165, 1.54) is 23.9 Å².